The summed E-state index contributed by atoms with van der Waals surface area (Å²) in [7, 11) is 0. The number of fused-ring (bicyclic) bond motifs is 1. The lowest BCUT2D eigenvalue weighted by atomic mass is 10.2. The van der Waals surface area contributed by atoms with Crippen molar-refractivity contribution in [1.29, 1.82) is 0 Å². The lowest BCUT2D eigenvalue weighted by Crippen LogP contribution is -2.08. The molecule has 3 rings (SSSR count). The first-order chi connectivity index (χ1) is 7.75. The molecule has 1 aliphatic rings. The van der Waals surface area contributed by atoms with E-state index in [1.54, 1.807) is 0 Å². The van der Waals surface area contributed by atoms with Crippen molar-refractivity contribution < 1.29 is 0 Å². The molecule has 4 nitrogen and oxygen atoms in total. The second-order valence-corrected chi connectivity index (χ2v) is 4.12. The van der Waals surface area contributed by atoms with E-state index >= 15 is 0 Å². The van der Waals surface area contributed by atoms with Crippen LogP contribution < -0.4 is 11.1 Å². The van der Waals surface area contributed by atoms with Gasteiger partial charge in [0.25, 0.3) is 0 Å². The third kappa shape index (κ3) is 1.31. The summed E-state index contributed by atoms with van der Waals surface area (Å²) in [6.07, 6.45) is 0. The number of hydrogen-bond acceptors (Lipinski definition) is 3. The van der Waals surface area contributed by atoms with Gasteiger partial charge in [0.2, 0.25) is 0 Å². The highest BCUT2D eigenvalue weighted by atomic mass is 15.3. The molecule has 1 aromatic carbocycles. The highest BCUT2D eigenvalue weighted by Gasteiger charge is 2.20. The van der Waals surface area contributed by atoms with Gasteiger partial charge < -0.3 is 11.1 Å². The van der Waals surface area contributed by atoms with Crippen LogP contribution >= 0.6 is 0 Å². The molecule has 0 unspecified atom stereocenters. The molecular formula is C12H14N4. The third-order valence-corrected chi connectivity index (χ3v) is 3.02. The van der Waals surface area contributed by atoms with E-state index in [1.807, 2.05) is 28.9 Å². The highest BCUT2D eigenvalue weighted by molar-refractivity contribution is 5.46. The van der Waals surface area contributed by atoms with Crippen molar-refractivity contribution in [2.75, 3.05) is 5.73 Å². The van der Waals surface area contributed by atoms with Gasteiger partial charge in [-0.2, -0.15) is 5.10 Å². The fourth-order valence-corrected chi connectivity index (χ4v) is 2.15. The second kappa shape index (κ2) is 3.35. The van der Waals surface area contributed by atoms with Crippen molar-refractivity contribution in [3.05, 3.63) is 41.2 Å². The molecule has 82 valence electrons. The van der Waals surface area contributed by atoms with Gasteiger partial charge in [-0.1, -0.05) is 0 Å². The van der Waals surface area contributed by atoms with Crippen LogP contribution in [0.5, 0.6) is 0 Å². The van der Waals surface area contributed by atoms with Gasteiger partial charge >= 0.3 is 0 Å². The number of hydrogen-bond donors (Lipinski definition) is 2. The van der Waals surface area contributed by atoms with Gasteiger partial charge in [0, 0.05) is 24.3 Å². The molecule has 0 atom stereocenters. The molecule has 0 saturated heterocycles. The predicted molar refractivity (Wildman–Crippen MR) is 63.3 cm³/mol. The average molecular weight is 214 g/mol. The summed E-state index contributed by atoms with van der Waals surface area (Å²) in [4.78, 5) is 0. The van der Waals surface area contributed by atoms with Crippen LogP contribution in [0.2, 0.25) is 0 Å². The Hall–Kier alpha value is -1.81. The summed E-state index contributed by atoms with van der Waals surface area (Å²) < 4.78 is 2.00. The Kier molecular flexibility index (Phi) is 1.97. The van der Waals surface area contributed by atoms with E-state index in [2.05, 4.69) is 17.3 Å². The average Bonchev–Trinajstić information content (AvgIpc) is 2.84. The zero-order chi connectivity index (χ0) is 11.1. The lowest BCUT2D eigenvalue weighted by Gasteiger charge is -2.05. The first kappa shape index (κ1) is 9.42. The maximum Gasteiger partial charge on any atom is 0.0651 e. The third-order valence-electron chi connectivity index (χ3n) is 3.02. The van der Waals surface area contributed by atoms with Crippen LogP contribution in [0, 0.1) is 6.92 Å². The predicted octanol–water partition coefficient (Wildman–Crippen LogP) is 1.37. The van der Waals surface area contributed by atoms with Gasteiger partial charge in [0.15, 0.2) is 0 Å². The van der Waals surface area contributed by atoms with Crippen LogP contribution in [0.25, 0.3) is 5.69 Å². The molecular weight excluding hydrogens is 200 g/mol. The Labute approximate surface area is 94.1 Å². The van der Waals surface area contributed by atoms with Gasteiger partial charge in [-0.3, -0.25) is 0 Å². The largest absolute Gasteiger partial charge is 0.399 e. The second-order valence-electron chi connectivity index (χ2n) is 4.12. The smallest absolute Gasteiger partial charge is 0.0651 e. The topological polar surface area (TPSA) is 55.9 Å². The first-order valence-corrected chi connectivity index (χ1v) is 5.40. The minimum absolute atomic E-state index is 0.780. The number of anilines is 1. The molecule has 0 fully saturated rings. The summed E-state index contributed by atoms with van der Waals surface area (Å²) in [5, 5.41) is 7.91. The summed E-state index contributed by atoms with van der Waals surface area (Å²) in [6, 6.07) is 7.81. The molecule has 1 aliphatic heterocycles. The number of aromatic nitrogens is 2. The van der Waals surface area contributed by atoms with Crippen molar-refractivity contribution in [2.45, 2.75) is 20.0 Å². The van der Waals surface area contributed by atoms with Crippen LogP contribution in [0.15, 0.2) is 24.3 Å². The Morgan fingerprint density at radius 3 is 2.75 bits per heavy atom. The zero-order valence-electron chi connectivity index (χ0n) is 9.20. The number of nitrogens with two attached hydrogens (primary N) is 1. The normalized spacial score (nSPS) is 14.1. The van der Waals surface area contributed by atoms with E-state index in [-0.39, 0.29) is 0 Å². The minimum Gasteiger partial charge on any atom is -0.399 e. The number of rotatable bonds is 1. The molecule has 2 aromatic rings. The SMILES string of the molecule is Cc1nn(-c2ccc(N)cc2)c2c1CNC2. The van der Waals surface area contributed by atoms with Gasteiger partial charge in [-0.05, 0) is 31.2 Å². The molecule has 4 heteroatoms. The van der Waals surface area contributed by atoms with E-state index in [1.165, 1.54) is 11.3 Å². The lowest BCUT2D eigenvalue weighted by molar-refractivity contribution is 0.704. The van der Waals surface area contributed by atoms with Crippen molar-refractivity contribution in [1.82, 2.24) is 15.1 Å². The number of aryl methyl sites for hydroxylation is 1. The van der Waals surface area contributed by atoms with Crippen molar-refractivity contribution in [3.8, 4) is 5.69 Å². The molecule has 3 N–H and O–H groups in total. The van der Waals surface area contributed by atoms with E-state index in [9.17, 15) is 0 Å². The molecule has 0 saturated carbocycles. The Bertz CT molecular complexity index is 525. The summed E-state index contributed by atoms with van der Waals surface area (Å²) >= 11 is 0. The van der Waals surface area contributed by atoms with Crippen LogP contribution in [0.3, 0.4) is 0 Å². The van der Waals surface area contributed by atoms with E-state index in [0.29, 0.717) is 0 Å². The maximum atomic E-state index is 5.68. The fourth-order valence-electron chi connectivity index (χ4n) is 2.15. The zero-order valence-corrected chi connectivity index (χ0v) is 9.20. The van der Waals surface area contributed by atoms with Gasteiger partial charge in [0.1, 0.15) is 0 Å². The van der Waals surface area contributed by atoms with Gasteiger partial charge in [-0.15, -0.1) is 0 Å². The van der Waals surface area contributed by atoms with E-state index in [4.69, 9.17) is 5.73 Å². The van der Waals surface area contributed by atoms with Crippen molar-refractivity contribution >= 4 is 5.69 Å². The summed E-state index contributed by atoms with van der Waals surface area (Å²) in [5.41, 5.74) is 11.2. The highest BCUT2D eigenvalue weighted by Crippen LogP contribution is 2.22. The molecule has 16 heavy (non-hydrogen) atoms. The summed E-state index contributed by atoms with van der Waals surface area (Å²) in [5.74, 6) is 0. The molecule has 1 aromatic heterocycles. The van der Waals surface area contributed by atoms with Gasteiger partial charge in [0.05, 0.1) is 17.1 Å². The molecule has 0 aliphatic carbocycles. The standard InChI is InChI=1S/C12H14N4/c1-8-11-6-14-7-12(11)16(15-8)10-4-2-9(13)3-5-10/h2-5,14H,6-7,13H2,1H3. The fraction of sp³-hybridized carbons (Fsp3) is 0.250. The van der Waals surface area contributed by atoms with E-state index in [0.717, 1.165) is 30.2 Å². The molecule has 0 amide bonds. The van der Waals surface area contributed by atoms with Crippen LogP contribution in [-0.4, -0.2) is 9.78 Å². The van der Waals surface area contributed by atoms with Crippen molar-refractivity contribution in [3.63, 3.8) is 0 Å². The monoisotopic (exact) mass is 214 g/mol. The Morgan fingerprint density at radius 2 is 2.00 bits per heavy atom. The van der Waals surface area contributed by atoms with Crippen LogP contribution in [0.4, 0.5) is 5.69 Å². The number of nitrogens with one attached hydrogen (secondary N) is 1. The van der Waals surface area contributed by atoms with Crippen molar-refractivity contribution in [2.24, 2.45) is 0 Å². The maximum absolute atomic E-state index is 5.68. The molecule has 0 bridgehead atoms. The molecule has 2 heterocycles. The molecule has 0 spiro atoms. The quantitative estimate of drug-likeness (QED) is 0.705. The first-order valence-electron chi connectivity index (χ1n) is 5.40. The Balaban J connectivity index is 2.13. The number of nitrogen functional groups attached to an aromatic ring is 1. The number of benzene rings is 1. The molecule has 0 radical (unpaired) electrons. The van der Waals surface area contributed by atoms with Gasteiger partial charge in [-0.25, -0.2) is 4.68 Å². The van der Waals surface area contributed by atoms with E-state index < -0.39 is 0 Å². The van der Waals surface area contributed by atoms with Crippen LogP contribution in [-0.2, 0) is 13.1 Å². The number of nitrogens with zero attached hydrogens (tertiary/aromatic N) is 2. The minimum atomic E-state index is 0.780. The van der Waals surface area contributed by atoms with Crippen LogP contribution in [0.1, 0.15) is 17.0 Å². The Morgan fingerprint density at radius 1 is 1.25 bits per heavy atom. The summed E-state index contributed by atoms with van der Waals surface area (Å²) in [6.45, 7) is 3.87.